The van der Waals surface area contributed by atoms with E-state index in [1.807, 2.05) is 0 Å². The molecule has 0 saturated heterocycles. The van der Waals surface area contributed by atoms with Crippen LogP contribution in [0.3, 0.4) is 0 Å². The minimum atomic E-state index is -0.270. The van der Waals surface area contributed by atoms with E-state index in [0.717, 1.165) is 0 Å². The Kier molecular flexibility index (Phi) is 3.56. The van der Waals surface area contributed by atoms with Crippen molar-refractivity contribution >= 4 is 6.21 Å². The third kappa shape index (κ3) is 3.16. The van der Waals surface area contributed by atoms with E-state index in [4.69, 9.17) is 5.11 Å². The molecule has 0 amide bonds. The van der Waals surface area contributed by atoms with E-state index < -0.39 is 0 Å². The van der Waals surface area contributed by atoms with Crippen molar-refractivity contribution in [2.45, 2.75) is 6.54 Å². The van der Waals surface area contributed by atoms with Gasteiger partial charge in [0.15, 0.2) is 24.3 Å². The van der Waals surface area contributed by atoms with Crippen LogP contribution in [0.5, 0.6) is 17.2 Å². The predicted molar refractivity (Wildman–Crippen MR) is 70.4 cm³/mol. The molecule has 0 aliphatic heterocycles. The zero-order valence-electron chi connectivity index (χ0n) is 10.0. The first-order valence-corrected chi connectivity index (χ1v) is 5.64. The van der Waals surface area contributed by atoms with Gasteiger partial charge in [-0.2, -0.15) is 0 Å². The van der Waals surface area contributed by atoms with E-state index in [0.29, 0.717) is 15.9 Å². The molecule has 2 aromatic carbocycles. The molecule has 0 bridgehead atoms. The molecule has 0 aliphatic carbocycles. The number of hydrogen-bond donors (Lipinski definition) is 3. The lowest BCUT2D eigenvalue weighted by Crippen LogP contribution is -2.05. The van der Waals surface area contributed by atoms with Crippen LogP contribution in [0.15, 0.2) is 42.5 Å². The molecular weight excluding hydrogens is 246 g/mol. The molecule has 2 rings (SSSR count). The molecule has 0 heterocycles. The van der Waals surface area contributed by atoms with Crippen LogP contribution in [-0.4, -0.2) is 26.3 Å². The number of hydroxylamine groups is 1. The van der Waals surface area contributed by atoms with Crippen LogP contribution in [-0.2, 0) is 6.54 Å². The molecule has 5 nitrogen and oxygen atoms in total. The van der Waals surface area contributed by atoms with Crippen molar-refractivity contribution in [3.05, 3.63) is 58.8 Å². The van der Waals surface area contributed by atoms with Crippen LogP contribution in [0, 0.1) is 5.21 Å². The second kappa shape index (κ2) is 5.30. The summed E-state index contributed by atoms with van der Waals surface area (Å²) >= 11 is 0. The van der Waals surface area contributed by atoms with Crippen molar-refractivity contribution in [1.82, 2.24) is 0 Å². The van der Waals surface area contributed by atoms with Crippen LogP contribution in [0.4, 0.5) is 0 Å². The Morgan fingerprint density at radius 2 is 1.68 bits per heavy atom. The summed E-state index contributed by atoms with van der Waals surface area (Å²) in [6.07, 6.45) is 1.26. The summed E-state index contributed by atoms with van der Waals surface area (Å²) in [5.74, 6) is -0.476. The van der Waals surface area contributed by atoms with Gasteiger partial charge in [-0.05, 0) is 30.3 Å². The summed E-state index contributed by atoms with van der Waals surface area (Å²) in [4.78, 5) is 0. The van der Waals surface area contributed by atoms with E-state index in [1.54, 1.807) is 24.3 Å². The minimum Gasteiger partial charge on any atom is -0.624 e. The average Bonchev–Trinajstić information content (AvgIpc) is 2.37. The topological polar surface area (TPSA) is 86.8 Å². The summed E-state index contributed by atoms with van der Waals surface area (Å²) in [5, 5.41) is 39.8. The smallest absolute Gasteiger partial charge is 0.185 e. The van der Waals surface area contributed by atoms with Crippen LogP contribution in [0.25, 0.3) is 0 Å². The van der Waals surface area contributed by atoms with Gasteiger partial charge in [0.25, 0.3) is 0 Å². The number of aromatic hydroxyl groups is 3. The average molecular weight is 259 g/mol. The molecule has 19 heavy (non-hydrogen) atoms. The van der Waals surface area contributed by atoms with Crippen molar-refractivity contribution < 1.29 is 20.1 Å². The van der Waals surface area contributed by atoms with Crippen molar-refractivity contribution in [2.24, 2.45) is 0 Å². The van der Waals surface area contributed by atoms with Crippen molar-refractivity contribution in [3.8, 4) is 17.2 Å². The highest BCUT2D eigenvalue weighted by molar-refractivity contribution is 5.79. The monoisotopic (exact) mass is 259 g/mol. The molecule has 2 aromatic rings. The number of phenols is 3. The maximum Gasteiger partial charge on any atom is 0.185 e. The van der Waals surface area contributed by atoms with Gasteiger partial charge in [0.05, 0.1) is 5.56 Å². The molecule has 0 spiro atoms. The zero-order valence-corrected chi connectivity index (χ0v) is 10.0. The second-order valence-electron chi connectivity index (χ2n) is 4.09. The summed E-state index contributed by atoms with van der Waals surface area (Å²) in [6, 6.07) is 10.7. The Morgan fingerprint density at radius 1 is 0.947 bits per heavy atom. The molecule has 0 aliphatic rings. The predicted octanol–water partition coefficient (Wildman–Crippen LogP) is 1.93. The van der Waals surface area contributed by atoms with E-state index in [9.17, 15) is 15.4 Å². The fourth-order valence-corrected chi connectivity index (χ4v) is 1.64. The van der Waals surface area contributed by atoms with E-state index >= 15 is 0 Å². The highest BCUT2D eigenvalue weighted by Gasteiger charge is 2.05. The summed E-state index contributed by atoms with van der Waals surface area (Å²) in [7, 11) is 0. The van der Waals surface area contributed by atoms with Gasteiger partial charge in [0.1, 0.15) is 5.75 Å². The van der Waals surface area contributed by atoms with E-state index in [2.05, 4.69) is 0 Å². The number of benzene rings is 2. The lowest BCUT2D eigenvalue weighted by atomic mass is 10.2. The van der Waals surface area contributed by atoms with Gasteiger partial charge in [-0.3, -0.25) is 0 Å². The Balaban J connectivity index is 2.19. The normalized spacial score (nSPS) is 11.5. The molecule has 0 unspecified atom stereocenters. The highest BCUT2D eigenvalue weighted by atomic mass is 16.5. The van der Waals surface area contributed by atoms with Gasteiger partial charge >= 0.3 is 0 Å². The lowest BCUT2D eigenvalue weighted by molar-refractivity contribution is -0.469. The lowest BCUT2D eigenvalue weighted by Gasteiger charge is -2.06. The number of para-hydroxylation sites is 1. The first-order valence-electron chi connectivity index (χ1n) is 5.64. The number of nitrogens with zero attached hydrogens (tertiary/aromatic N) is 1. The van der Waals surface area contributed by atoms with Gasteiger partial charge < -0.3 is 20.5 Å². The number of hydrogen-bond acceptors (Lipinski definition) is 4. The Labute approximate surface area is 109 Å². The maximum absolute atomic E-state index is 11.7. The highest BCUT2D eigenvalue weighted by Crippen LogP contribution is 2.25. The molecule has 0 saturated carbocycles. The van der Waals surface area contributed by atoms with Crippen LogP contribution >= 0.6 is 0 Å². The molecule has 0 aromatic heterocycles. The molecule has 3 N–H and O–H groups in total. The zero-order chi connectivity index (χ0) is 13.8. The van der Waals surface area contributed by atoms with Gasteiger partial charge in [-0.25, -0.2) is 4.74 Å². The Bertz CT molecular complexity index is 623. The molecule has 0 atom stereocenters. The van der Waals surface area contributed by atoms with Crippen LogP contribution < -0.4 is 0 Å². The third-order valence-corrected chi connectivity index (χ3v) is 2.60. The Morgan fingerprint density at radius 3 is 2.37 bits per heavy atom. The summed E-state index contributed by atoms with van der Waals surface area (Å²) in [5.41, 5.74) is 0.970. The summed E-state index contributed by atoms with van der Waals surface area (Å²) in [6.45, 7) is 0.00216. The largest absolute Gasteiger partial charge is 0.624 e. The third-order valence-electron chi connectivity index (χ3n) is 2.60. The number of rotatable bonds is 3. The van der Waals surface area contributed by atoms with Crippen molar-refractivity contribution in [3.63, 3.8) is 0 Å². The first kappa shape index (κ1) is 12.8. The van der Waals surface area contributed by atoms with E-state index in [-0.39, 0.29) is 23.8 Å². The summed E-state index contributed by atoms with van der Waals surface area (Å²) < 4.78 is 0.640. The van der Waals surface area contributed by atoms with Crippen molar-refractivity contribution in [1.29, 1.82) is 0 Å². The van der Waals surface area contributed by atoms with Gasteiger partial charge in [-0.15, -0.1) is 0 Å². The van der Waals surface area contributed by atoms with Gasteiger partial charge in [0.2, 0.25) is 0 Å². The first-order chi connectivity index (χ1) is 9.06. The van der Waals surface area contributed by atoms with Crippen LogP contribution in [0.1, 0.15) is 11.1 Å². The van der Waals surface area contributed by atoms with Crippen LogP contribution in [0.2, 0.25) is 0 Å². The standard InChI is InChI=1S/C14H13NO4/c16-12-4-2-1-3-11(12)9-15(19)8-10-5-6-13(17)14(18)7-10/h1-7,9,16-18H,8H2/b15-9+. The van der Waals surface area contributed by atoms with E-state index in [1.165, 1.54) is 24.4 Å². The second-order valence-corrected chi connectivity index (χ2v) is 4.09. The fraction of sp³-hybridized carbons (Fsp3) is 0.0714. The maximum atomic E-state index is 11.7. The van der Waals surface area contributed by atoms with Gasteiger partial charge in [-0.1, -0.05) is 12.1 Å². The molecule has 0 radical (unpaired) electrons. The number of phenolic OH excluding ortho intramolecular Hbond substituents is 3. The Hall–Kier alpha value is -2.69. The molecule has 98 valence electrons. The molecule has 0 fully saturated rings. The fourth-order valence-electron chi connectivity index (χ4n) is 1.64. The molecule has 5 heteroatoms. The molecular formula is C14H13NO4. The quantitative estimate of drug-likeness (QED) is 0.258. The van der Waals surface area contributed by atoms with Gasteiger partial charge in [0, 0.05) is 5.56 Å². The minimum absolute atomic E-state index is 0.00216. The SMILES string of the molecule is [O-]/[N+](=C/c1ccccc1O)Cc1ccc(O)c(O)c1. The van der Waals surface area contributed by atoms with Crippen molar-refractivity contribution in [2.75, 3.05) is 0 Å².